The van der Waals surface area contributed by atoms with Crippen LogP contribution in [-0.4, -0.2) is 89.5 Å². The van der Waals surface area contributed by atoms with Crippen molar-refractivity contribution in [1.82, 2.24) is 0 Å². The van der Waals surface area contributed by atoms with Crippen molar-refractivity contribution >= 4 is 0 Å². The molecule has 0 spiro atoms. The molecule has 10 nitrogen and oxygen atoms in total. The van der Waals surface area contributed by atoms with E-state index in [-0.39, 0.29) is 6.54 Å². The van der Waals surface area contributed by atoms with Crippen molar-refractivity contribution < 1.29 is 29.5 Å². The van der Waals surface area contributed by atoms with Crippen LogP contribution in [0, 0.1) is 0 Å². The van der Waals surface area contributed by atoms with Gasteiger partial charge in [-0.2, -0.15) is 0 Å². The Morgan fingerprint density at radius 2 is 1.68 bits per heavy atom. The van der Waals surface area contributed by atoms with Gasteiger partial charge in [-0.25, -0.2) is 0 Å². The zero-order valence-corrected chi connectivity index (χ0v) is 14.5. The third-order valence-electron chi connectivity index (χ3n) is 4.85. The first-order chi connectivity index (χ1) is 11.8. The van der Waals surface area contributed by atoms with Gasteiger partial charge in [-0.05, 0) is 12.8 Å². The SMILES string of the molecule is CCCOC1C(O)C(N)CC(N)C1OC1OC(CN)C(O)C(O)C1N. The van der Waals surface area contributed by atoms with E-state index >= 15 is 0 Å². The lowest BCUT2D eigenvalue weighted by molar-refractivity contribution is -0.291. The first kappa shape index (κ1) is 20.9. The van der Waals surface area contributed by atoms with E-state index in [0.29, 0.717) is 13.0 Å². The van der Waals surface area contributed by atoms with Gasteiger partial charge in [0.05, 0.1) is 12.1 Å². The van der Waals surface area contributed by atoms with Crippen molar-refractivity contribution in [1.29, 1.82) is 0 Å². The van der Waals surface area contributed by atoms with Gasteiger partial charge < -0.3 is 52.5 Å². The molecule has 1 aliphatic carbocycles. The number of hydrogen-bond donors (Lipinski definition) is 7. The molecule has 0 aromatic rings. The van der Waals surface area contributed by atoms with Crippen molar-refractivity contribution in [2.75, 3.05) is 13.2 Å². The molecule has 2 aliphatic rings. The molecular formula is C15H32N4O6. The topological polar surface area (TPSA) is 192 Å². The smallest absolute Gasteiger partial charge is 0.176 e. The Hall–Kier alpha value is -0.400. The van der Waals surface area contributed by atoms with Crippen LogP contribution in [0.15, 0.2) is 0 Å². The van der Waals surface area contributed by atoms with Crippen LogP contribution >= 0.6 is 0 Å². The molecule has 0 amide bonds. The number of rotatable bonds is 6. The molecule has 0 bridgehead atoms. The molecule has 1 heterocycles. The lowest BCUT2D eigenvalue weighted by Crippen LogP contribution is -2.67. The summed E-state index contributed by atoms with van der Waals surface area (Å²) in [4.78, 5) is 0. The third-order valence-corrected chi connectivity index (χ3v) is 4.85. The fraction of sp³-hybridized carbons (Fsp3) is 1.00. The Morgan fingerprint density at radius 1 is 1.00 bits per heavy atom. The van der Waals surface area contributed by atoms with Crippen molar-refractivity contribution in [3.05, 3.63) is 0 Å². The van der Waals surface area contributed by atoms with Crippen molar-refractivity contribution in [3.8, 4) is 0 Å². The molecule has 25 heavy (non-hydrogen) atoms. The van der Waals surface area contributed by atoms with Crippen LogP contribution in [0.3, 0.4) is 0 Å². The van der Waals surface area contributed by atoms with E-state index in [4.69, 9.17) is 37.1 Å². The fourth-order valence-electron chi connectivity index (χ4n) is 3.32. The van der Waals surface area contributed by atoms with Gasteiger partial charge in [-0.15, -0.1) is 0 Å². The van der Waals surface area contributed by atoms with Crippen LogP contribution in [0.4, 0.5) is 0 Å². The fourth-order valence-corrected chi connectivity index (χ4v) is 3.32. The summed E-state index contributed by atoms with van der Waals surface area (Å²) in [6.07, 6.45) is -5.64. The zero-order chi connectivity index (χ0) is 18.7. The molecule has 1 aliphatic heterocycles. The maximum atomic E-state index is 10.4. The van der Waals surface area contributed by atoms with Crippen molar-refractivity contribution in [3.63, 3.8) is 0 Å². The van der Waals surface area contributed by atoms with Crippen LogP contribution in [0.2, 0.25) is 0 Å². The molecule has 148 valence electrons. The van der Waals surface area contributed by atoms with Crippen LogP contribution in [0.5, 0.6) is 0 Å². The summed E-state index contributed by atoms with van der Waals surface area (Å²) in [6, 6.07) is -2.03. The molecule has 11 N–H and O–H groups in total. The lowest BCUT2D eigenvalue weighted by Gasteiger charge is -2.46. The minimum atomic E-state index is -1.26. The second-order valence-electron chi connectivity index (χ2n) is 6.83. The van der Waals surface area contributed by atoms with E-state index in [2.05, 4.69) is 0 Å². The highest BCUT2D eigenvalue weighted by Crippen LogP contribution is 2.28. The highest BCUT2D eigenvalue weighted by molar-refractivity contribution is 5.00. The van der Waals surface area contributed by atoms with Gasteiger partial charge in [0.2, 0.25) is 0 Å². The summed E-state index contributed by atoms with van der Waals surface area (Å²) in [7, 11) is 0. The van der Waals surface area contributed by atoms with Crippen LogP contribution < -0.4 is 22.9 Å². The third kappa shape index (κ3) is 4.48. The highest BCUT2D eigenvalue weighted by Gasteiger charge is 2.48. The Labute approximate surface area is 147 Å². The molecule has 10 unspecified atom stereocenters. The van der Waals surface area contributed by atoms with E-state index < -0.39 is 61.0 Å². The number of ether oxygens (including phenoxy) is 3. The number of hydrogen-bond acceptors (Lipinski definition) is 10. The predicted octanol–water partition coefficient (Wildman–Crippen LogP) is -3.68. The highest BCUT2D eigenvalue weighted by atomic mass is 16.7. The summed E-state index contributed by atoms with van der Waals surface area (Å²) in [5.41, 5.74) is 23.6. The molecular weight excluding hydrogens is 332 g/mol. The normalized spacial score (nSPS) is 48.5. The van der Waals surface area contributed by atoms with Gasteiger partial charge in [-0.3, -0.25) is 0 Å². The van der Waals surface area contributed by atoms with E-state index in [0.717, 1.165) is 6.42 Å². The quantitative estimate of drug-likeness (QED) is 0.247. The second kappa shape index (κ2) is 9.00. The van der Waals surface area contributed by atoms with Crippen molar-refractivity contribution in [2.24, 2.45) is 22.9 Å². The molecule has 10 atom stereocenters. The Bertz CT molecular complexity index is 417. The van der Waals surface area contributed by atoms with Gasteiger partial charge in [0.1, 0.15) is 30.5 Å². The number of aliphatic hydroxyl groups excluding tert-OH is 3. The summed E-state index contributed by atoms with van der Waals surface area (Å²) in [5.74, 6) is 0. The van der Waals surface area contributed by atoms with Gasteiger partial charge in [0.15, 0.2) is 6.29 Å². The molecule has 0 radical (unpaired) electrons. The maximum absolute atomic E-state index is 10.4. The molecule has 2 fully saturated rings. The largest absolute Gasteiger partial charge is 0.389 e. The zero-order valence-electron chi connectivity index (χ0n) is 14.5. The van der Waals surface area contributed by atoms with Gasteiger partial charge in [0.25, 0.3) is 0 Å². The van der Waals surface area contributed by atoms with Crippen LogP contribution in [0.1, 0.15) is 19.8 Å². The molecule has 0 aromatic heterocycles. The van der Waals surface area contributed by atoms with Crippen LogP contribution in [0.25, 0.3) is 0 Å². The standard InChI is InChI=1S/C15H32N4O6/c1-2-3-23-14-10(20)6(17)4-7(18)13(14)25-15-9(19)12(22)11(21)8(5-16)24-15/h6-15,20-22H,2-5,16-19H2,1H3. The first-order valence-corrected chi connectivity index (χ1v) is 8.75. The van der Waals surface area contributed by atoms with E-state index in [1.165, 1.54) is 0 Å². The minimum absolute atomic E-state index is 0.00914. The molecule has 1 saturated carbocycles. The summed E-state index contributed by atoms with van der Waals surface area (Å²) in [6.45, 7) is 2.34. The summed E-state index contributed by atoms with van der Waals surface area (Å²) in [5, 5.41) is 30.4. The molecule has 2 rings (SSSR count). The second-order valence-corrected chi connectivity index (χ2v) is 6.83. The first-order valence-electron chi connectivity index (χ1n) is 8.75. The maximum Gasteiger partial charge on any atom is 0.176 e. The van der Waals surface area contributed by atoms with Gasteiger partial charge >= 0.3 is 0 Å². The van der Waals surface area contributed by atoms with Crippen molar-refractivity contribution in [2.45, 2.75) is 80.8 Å². The Balaban J connectivity index is 2.13. The number of nitrogens with two attached hydrogens (primary N) is 4. The minimum Gasteiger partial charge on any atom is -0.389 e. The average molecular weight is 364 g/mol. The number of aliphatic hydroxyl groups is 3. The molecule has 1 saturated heterocycles. The van der Waals surface area contributed by atoms with Gasteiger partial charge in [0, 0.05) is 25.2 Å². The average Bonchev–Trinajstić information content (AvgIpc) is 2.59. The summed E-state index contributed by atoms with van der Waals surface area (Å²) >= 11 is 0. The van der Waals surface area contributed by atoms with E-state index in [1.807, 2.05) is 6.92 Å². The van der Waals surface area contributed by atoms with E-state index in [1.54, 1.807) is 0 Å². The Kier molecular flexibility index (Phi) is 7.52. The molecule has 0 aromatic carbocycles. The van der Waals surface area contributed by atoms with Crippen LogP contribution in [-0.2, 0) is 14.2 Å². The molecule has 10 heteroatoms. The van der Waals surface area contributed by atoms with Gasteiger partial charge in [-0.1, -0.05) is 6.92 Å². The van der Waals surface area contributed by atoms with E-state index in [9.17, 15) is 15.3 Å². The monoisotopic (exact) mass is 364 g/mol. The lowest BCUT2D eigenvalue weighted by atomic mass is 9.84. The predicted molar refractivity (Wildman–Crippen MR) is 89.2 cm³/mol. The Morgan fingerprint density at radius 3 is 2.28 bits per heavy atom. The summed E-state index contributed by atoms with van der Waals surface area (Å²) < 4.78 is 17.2.